The zero-order chi connectivity index (χ0) is 10.2. The Morgan fingerprint density at radius 3 is 2.50 bits per heavy atom. The molecule has 0 aromatic heterocycles. The van der Waals surface area contributed by atoms with E-state index in [4.69, 9.17) is 4.74 Å². The highest BCUT2D eigenvalue weighted by molar-refractivity contribution is 5.99. The molecule has 0 saturated carbocycles. The number of imide groups is 1. The molecule has 2 amide bonds. The van der Waals surface area contributed by atoms with Gasteiger partial charge in [0.25, 0.3) is 0 Å². The molecule has 0 aliphatic carbocycles. The van der Waals surface area contributed by atoms with Gasteiger partial charge in [-0.15, -0.1) is 0 Å². The first-order chi connectivity index (χ1) is 6.60. The third kappa shape index (κ3) is 1.65. The molecule has 5 heteroatoms. The van der Waals surface area contributed by atoms with Gasteiger partial charge in [-0.1, -0.05) is 0 Å². The zero-order valence-corrected chi connectivity index (χ0v) is 8.21. The molecule has 5 nitrogen and oxygen atoms in total. The summed E-state index contributed by atoms with van der Waals surface area (Å²) in [6.45, 7) is 3.94. The Balaban J connectivity index is 2.09. The van der Waals surface area contributed by atoms with Crippen LogP contribution in [-0.4, -0.2) is 48.6 Å². The van der Waals surface area contributed by atoms with Gasteiger partial charge in [0.15, 0.2) is 0 Å². The van der Waals surface area contributed by atoms with Crippen LogP contribution in [0.25, 0.3) is 0 Å². The lowest BCUT2D eigenvalue weighted by Crippen LogP contribution is -2.59. The van der Waals surface area contributed by atoms with E-state index < -0.39 is 0 Å². The first-order valence-electron chi connectivity index (χ1n) is 4.76. The van der Waals surface area contributed by atoms with Gasteiger partial charge in [-0.05, 0) is 13.3 Å². The number of carbonyl (C=O) groups excluding carboxylic acids is 2. The maximum atomic E-state index is 11.2. The van der Waals surface area contributed by atoms with Gasteiger partial charge in [-0.2, -0.15) is 0 Å². The van der Waals surface area contributed by atoms with Crippen LogP contribution >= 0.6 is 0 Å². The maximum Gasteiger partial charge on any atom is 0.240 e. The predicted octanol–water partition coefficient (Wildman–Crippen LogP) is -0.876. The van der Waals surface area contributed by atoms with E-state index in [0.29, 0.717) is 26.3 Å². The monoisotopic (exact) mass is 198 g/mol. The summed E-state index contributed by atoms with van der Waals surface area (Å²) < 4.78 is 5.30. The highest BCUT2D eigenvalue weighted by Gasteiger charge is 2.39. The molecule has 0 bridgehead atoms. The van der Waals surface area contributed by atoms with Crippen molar-refractivity contribution in [3.05, 3.63) is 0 Å². The minimum absolute atomic E-state index is 0.145. The first kappa shape index (κ1) is 9.61. The number of nitrogens with one attached hydrogen (secondary N) is 1. The molecule has 1 unspecified atom stereocenters. The summed E-state index contributed by atoms with van der Waals surface area (Å²) in [5, 5.41) is 2.29. The summed E-state index contributed by atoms with van der Waals surface area (Å²) >= 11 is 0. The third-order valence-corrected chi connectivity index (χ3v) is 2.91. The van der Waals surface area contributed by atoms with Crippen LogP contribution in [0.3, 0.4) is 0 Å². The Bertz CT molecular complexity index is 255. The Morgan fingerprint density at radius 1 is 1.36 bits per heavy atom. The van der Waals surface area contributed by atoms with E-state index in [1.54, 1.807) is 0 Å². The van der Waals surface area contributed by atoms with Gasteiger partial charge in [-0.3, -0.25) is 19.8 Å². The number of carbonyl (C=O) groups is 2. The van der Waals surface area contributed by atoms with Crippen molar-refractivity contribution in [2.75, 3.05) is 26.3 Å². The number of rotatable bonds is 1. The molecule has 2 fully saturated rings. The normalized spacial score (nSPS) is 34.6. The molecule has 2 rings (SSSR count). The minimum Gasteiger partial charge on any atom is -0.379 e. The SMILES string of the molecule is CC1(N2CC(=O)NC(=O)C2)CCOC1. The van der Waals surface area contributed by atoms with Crippen molar-refractivity contribution >= 4 is 11.8 Å². The van der Waals surface area contributed by atoms with E-state index in [-0.39, 0.29) is 17.4 Å². The van der Waals surface area contributed by atoms with Crippen LogP contribution in [0.5, 0.6) is 0 Å². The molecule has 2 saturated heterocycles. The van der Waals surface area contributed by atoms with Crippen LogP contribution in [0.2, 0.25) is 0 Å². The summed E-state index contributed by atoms with van der Waals surface area (Å²) in [5.74, 6) is -0.427. The molecule has 2 aliphatic rings. The molecule has 14 heavy (non-hydrogen) atoms. The Labute approximate surface area is 82.4 Å². The van der Waals surface area contributed by atoms with E-state index in [1.807, 2.05) is 11.8 Å². The molecular formula is C9H14N2O3. The highest BCUT2D eigenvalue weighted by atomic mass is 16.5. The third-order valence-electron chi connectivity index (χ3n) is 2.91. The fourth-order valence-corrected chi connectivity index (χ4v) is 1.92. The molecule has 78 valence electrons. The van der Waals surface area contributed by atoms with Crippen molar-refractivity contribution in [2.45, 2.75) is 18.9 Å². The van der Waals surface area contributed by atoms with E-state index in [2.05, 4.69) is 5.32 Å². The molecule has 1 N–H and O–H groups in total. The average molecular weight is 198 g/mol. The largest absolute Gasteiger partial charge is 0.379 e. The molecular weight excluding hydrogens is 184 g/mol. The van der Waals surface area contributed by atoms with Gasteiger partial charge in [0.05, 0.1) is 19.7 Å². The molecule has 0 spiro atoms. The average Bonchev–Trinajstić information content (AvgIpc) is 2.52. The summed E-state index contributed by atoms with van der Waals surface area (Å²) in [6, 6.07) is 0. The fourth-order valence-electron chi connectivity index (χ4n) is 1.92. The highest BCUT2D eigenvalue weighted by Crippen LogP contribution is 2.25. The van der Waals surface area contributed by atoms with Gasteiger partial charge in [0.1, 0.15) is 0 Å². The van der Waals surface area contributed by atoms with Crippen LogP contribution < -0.4 is 5.32 Å². The Morgan fingerprint density at radius 2 is 2.00 bits per heavy atom. The van der Waals surface area contributed by atoms with E-state index >= 15 is 0 Å². The van der Waals surface area contributed by atoms with Crippen LogP contribution in [0.15, 0.2) is 0 Å². The zero-order valence-electron chi connectivity index (χ0n) is 8.21. The van der Waals surface area contributed by atoms with Crippen LogP contribution in [0.1, 0.15) is 13.3 Å². The van der Waals surface area contributed by atoms with Crippen LogP contribution in [-0.2, 0) is 14.3 Å². The molecule has 0 aromatic rings. The van der Waals surface area contributed by atoms with Crippen molar-refractivity contribution in [3.63, 3.8) is 0 Å². The molecule has 0 aromatic carbocycles. The van der Waals surface area contributed by atoms with Crippen LogP contribution in [0, 0.1) is 0 Å². The smallest absolute Gasteiger partial charge is 0.240 e. The number of nitrogens with zero attached hydrogens (tertiary/aromatic N) is 1. The lowest BCUT2D eigenvalue weighted by molar-refractivity contribution is -0.138. The molecule has 1 atom stereocenters. The predicted molar refractivity (Wildman–Crippen MR) is 48.6 cm³/mol. The van der Waals surface area contributed by atoms with E-state index in [1.165, 1.54) is 0 Å². The number of hydrogen-bond acceptors (Lipinski definition) is 4. The van der Waals surface area contributed by atoms with Gasteiger partial charge in [0.2, 0.25) is 11.8 Å². The Hall–Kier alpha value is -0.940. The van der Waals surface area contributed by atoms with Crippen molar-refractivity contribution in [1.29, 1.82) is 0 Å². The summed E-state index contributed by atoms with van der Waals surface area (Å²) in [4.78, 5) is 24.2. The van der Waals surface area contributed by atoms with Gasteiger partial charge in [-0.25, -0.2) is 0 Å². The van der Waals surface area contributed by atoms with Crippen molar-refractivity contribution < 1.29 is 14.3 Å². The van der Waals surface area contributed by atoms with Crippen molar-refractivity contribution in [2.24, 2.45) is 0 Å². The fraction of sp³-hybridized carbons (Fsp3) is 0.778. The lowest BCUT2D eigenvalue weighted by atomic mass is 9.98. The number of piperazine rings is 1. The van der Waals surface area contributed by atoms with Gasteiger partial charge < -0.3 is 4.74 Å². The second-order valence-corrected chi connectivity index (χ2v) is 4.13. The number of amides is 2. The maximum absolute atomic E-state index is 11.2. The van der Waals surface area contributed by atoms with Crippen molar-refractivity contribution in [1.82, 2.24) is 10.2 Å². The van der Waals surface area contributed by atoms with E-state index in [0.717, 1.165) is 6.42 Å². The number of ether oxygens (including phenoxy) is 1. The topological polar surface area (TPSA) is 58.6 Å². The molecule has 2 aliphatic heterocycles. The number of hydrogen-bond donors (Lipinski definition) is 1. The second-order valence-electron chi connectivity index (χ2n) is 4.13. The molecule has 0 radical (unpaired) electrons. The standard InChI is InChI=1S/C9H14N2O3/c1-9(2-3-14-6-9)11-4-7(12)10-8(13)5-11/h2-6H2,1H3,(H,10,12,13). The Kier molecular flexibility index (Phi) is 2.28. The summed E-state index contributed by atoms with van der Waals surface area (Å²) in [6.07, 6.45) is 0.882. The van der Waals surface area contributed by atoms with E-state index in [9.17, 15) is 9.59 Å². The van der Waals surface area contributed by atoms with Gasteiger partial charge >= 0.3 is 0 Å². The lowest BCUT2D eigenvalue weighted by Gasteiger charge is -2.38. The summed E-state index contributed by atoms with van der Waals surface area (Å²) in [7, 11) is 0. The van der Waals surface area contributed by atoms with Crippen molar-refractivity contribution in [3.8, 4) is 0 Å². The second kappa shape index (κ2) is 3.33. The van der Waals surface area contributed by atoms with Gasteiger partial charge in [0, 0.05) is 12.1 Å². The first-order valence-corrected chi connectivity index (χ1v) is 4.76. The quantitative estimate of drug-likeness (QED) is 0.556. The molecule has 2 heterocycles. The summed E-state index contributed by atoms with van der Waals surface area (Å²) in [5.41, 5.74) is -0.145. The minimum atomic E-state index is -0.214. The van der Waals surface area contributed by atoms with Crippen LogP contribution in [0.4, 0.5) is 0 Å².